The van der Waals surface area contributed by atoms with Crippen LogP contribution in [-0.2, 0) is 24.3 Å². The molecule has 1 aliphatic rings. The minimum absolute atomic E-state index is 0.0542. The average Bonchev–Trinajstić information content (AvgIpc) is 3.04. The molecule has 1 aliphatic heterocycles. The van der Waals surface area contributed by atoms with Crippen LogP contribution in [0.25, 0.3) is 0 Å². The van der Waals surface area contributed by atoms with Crippen LogP contribution >= 0.6 is 15.9 Å². The molecule has 0 atom stereocenters. The van der Waals surface area contributed by atoms with Crippen LogP contribution in [0, 0.1) is 18.3 Å². The third-order valence-corrected chi connectivity index (χ3v) is 4.80. The minimum atomic E-state index is -0.709. The fourth-order valence-electron chi connectivity index (χ4n) is 2.94. The first-order valence-electron chi connectivity index (χ1n) is 7.75. The molecule has 128 valence electrons. The molecule has 25 heavy (non-hydrogen) atoms. The van der Waals surface area contributed by atoms with Crippen molar-refractivity contribution in [2.24, 2.45) is 0 Å². The van der Waals surface area contributed by atoms with Crippen molar-refractivity contribution in [3.8, 4) is 6.07 Å². The number of benzene rings is 1. The summed E-state index contributed by atoms with van der Waals surface area (Å²) in [7, 11) is 0. The van der Waals surface area contributed by atoms with Crippen LogP contribution in [0.4, 0.5) is 5.69 Å². The smallest absolute Gasteiger partial charge is 0.323 e. The van der Waals surface area contributed by atoms with Crippen molar-refractivity contribution in [2.45, 2.75) is 32.9 Å². The van der Waals surface area contributed by atoms with Crippen LogP contribution in [0.1, 0.15) is 23.2 Å². The van der Waals surface area contributed by atoms with Gasteiger partial charge in [0.15, 0.2) is 0 Å². The van der Waals surface area contributed by atoms with Gasteiger partial charge in [0.25, 0.3) is 5.56 Å². The van der Waals surface area contributed by atoms with Gasteiger partial charge in [-0.1, -0.05) is 6.07 Å². The number of halogens is 1. The van der Waals surface area contributed by atoms with E-state index in [1.807, 2.05) is 25.1 Å². The second-order valence-corrected chi connectivity index (χ2v) is 6.75. The molecule has 0 spiro atoms. The van der Waals surface area contributed by atoms with Crippen LogP contribution in [0.2, 0.25) is 0 Å². The number of hydrogen-bond donors (Lipinski definition) is 1. The van der Waals surface area contributed by atoms with Crippen molar-refractivity contribution < 1.29 is 4.79 Å². The molecular formula is C17H15BrN4O3. The lowest BCUT2D eigenvalue weighted by atomic mass is 10.2. The Bertz CT molecular complexity index is 1030. The van der Waals surface area contributed by atoms with Crippen LogP contribution in [0.3, 0.4) is 0 Å². The van der Waals surface area contributed by atoms with Crippen LogP contribution in [-0.4, -0.2) is 15.0 Å². The van der Waals surface area contributed by atoms with E-state index < -0.39 is 23.7 Å². The molecule has 0 radical (unpaired) electrons. The molecule has 0 aliphatic carbocycles. The fourth-order valence-corrected chi connectivity index (χ4v) is 3.54. The van der Waals surface area contributed by atoms with Gasteiger partial charge in [-0.05, 0) is 53.4 Å². The zero-order valence-electron chi connectivity index (χ0n) is 13.5. The van der Waals surface area contributed by atoms with Gasteiger partial charge in [0.1, 0.15) is 18.2 Å². The van der Waals surface area contributed by atoms with Gasteiger partial charge in [-0.15, -0.1) is 0 Å². The molecule has 1 aromatic heterocycles. The van der Waals surface area contributed by atoms with Crippen molar-refractivity contribution in [1.82, 2.24) is 9.13 Å². The number of rotatable bonds is 3. The maximum absolute atomic E-state index is 12.5. The number of aromatic nitrogens is 2. The molecule has 3 rings (SSSR count). The Labute approximate surface area is 151 Å². The van der Waals surface area contributed by atoms with Crippen LogP contribution < -0.4 is 16.6 Å². The Balaban J connectivity index is 1.93. The zero-order chi connectivity index (χ0) is 18.1. The lowest BCUT2D eigenvalue weighted by molar-refractivity contribution is -0.116. The maximum Gasteiger partial charge on any atom is 0.331 e. The van der Waals surface area contributed by atoms with Crippen molar-refractivity contribution >= 4 is 27.5 Å². The van der Waals surface area contributed by atoms with E-state index in [0.717, 1.165) is 10.1 Å². The molecule has 1 amide bonds. The van der Waals surface area contributed by atoms with Crippen molar-refractivity contribution in [2.75, 3.05) is 5.32 Å². The molecule has 0 unspecified atom stereocenters. The molecule has 0 fully saturated rings. The standard InChI is InChI=1S/C17H15BrN4O3/c1-10-4-5-13(12(18)7-10)20-15(23)9-22-16(24)11(8-19)14-3-2-6-21(14)17(22)25/h4-5,7H,2-3,6,9H2,1H3,(H,20,23). The van der Waals surface area contributed by atoms with Gasteiger partial charge < -0.3 is 5.32 Å². The summed E-state index contributed by atoms with van der Waals surface area (Å²) in [5.74, 6) is -0.508. The number of fused-ring (bicyclic) bond motifs is 1. The number of carbonyl (C=O) groups excluding carboxylic acids is 1. The predicted molar refractivity (Wildman–Crippen MR) is 95.5 cm³/mol. The summed E-state index contributed by atoms with van der Waals surface area (Å²) >= 11 is 3.36. The first-order valence-corrected chi connectivity index (χ1v) is 8.54. The van der Waals surface area contributed by atoms with Crippen LogP contribution in [0.15, 0.2) is 32.3 Å². The average molecular weight is 403 g/mol. The fraction of sp³-hybridized carbons (Fsp3) is 0.294. The van der Waals surface area contributed by atoms with E-state index >= 15 is 0 Å². The third-order valence-electron chi connectivity index (χ3n) is 4.14. The second-order valence-electron chi connectivity index (χ2n) is 5.89. The van der Waals surface area contributed by atoms with Crippen molar-refractivity contribution in [3.05, 3.63) is 60.3 Å². The SMILES string of the molecule is Cc1ccc(NC(=O)Cn2c(=O)c(C#N)c3n(c2=O)CCC3)c(Br)c1. The molecule has 0 bridgehead atoms. The lowest BCUT2D eigenvalue weighted by Gasteiger charge is -2.12. The summed E-state index contributed by atoms with van der Waals surface area (Å²) < 4.78 is 2.94. The van der Waals surface area contributed by atoms with Gasteiger partial charge >= 0.3 is 5.69 Å². The maximum atomic E-state index is 12.5. The summed E-state index contributed by atoms with van der Waals surface area (Å²) in [5.41, 5.74) is 0.729. The Morgan fingerprint density at radius 2 is 2.16 bits per heavy atom. The van der Waals surface area contributed by atoms with Gasteiger partial charge in [0.2, 0.25) is 5.91 Å². The van der Waals surface area contributed by atoms with Crippen LogP contribution in [0.5, 0.6) is 0 Å². The number of nitriles is 1. The van der Waals surface area contributed by atoms with Gasteiger partial charge in [-0.2, -0.15) is 5.26 Å². The predicted octanol–water partition coefficient (Wildman–Crippen LogP) is 1.54. The van der Waals surface area contributed by atoms with E-state index in [2.05, 4.69) is 21.2 Å². The van der Waals surface area contributed by atoms with Gasteiger partial charge in [-0.25, -0.2) is 9.36 Å². The number of aryl methyl sites for hydroxylation is 1. The topological polar surface area (TPSA) is 96.9 Å². The summed E-state index contributed by atoms with van der Waals surface area (Å²) in [6.45, 7) is 1.94. The summed E-state index contributed by atoms with van der Waals surface area (Å²) in [6.07, 6.45) is 1.23. The van der Waals surface area contributed by atoms with Crippen molar-refractivity contribution in [1.29, 1.82) is 5.26 Å². The first-order chi connectivity index (χ1) is 11.9. The molecule has 7 nitrogen and oxygen atoms in total. The van der Waals surface area contributed by atoms with Gasteiger partial charge in [0.05, 0.1) is 5.69 Å². The Hall–Kier alpha value is -2.66. The Morgan fingerprint density at radius 3 is 2.84 bits per heavy atom. The number of hydrogen-bond acceptors (Lipinski definition) is 4. The molecule has 8 heteroatoms. The Morgan fingerprint density at radius 1 is 1.40 bits per heavy atom. The number of anilines is 1. The third kappa shape index (κ3) is 3.15. The monoisotopic (exact) mass is 402 g/mol. The van der Waals surface area contributed by atoms with E-state index in [0.29, 0.717) is 35.2 Å². The van der Waals surface area contributed by atoms with E-state index in [4.69, 9.17) is 0 Å². The second kappa shape index (κ2) is 6.69. The highest BCUT2D eigenvalue weighted by molar-refractivity contribution is 9.10. The largest absolute Gasteiger partial charge is 0.331 e. The van der Waals surface area contributed by atoms with Gasteiger partial charge in [-0.3, -0.25) is 14.2 Å². The minimum Gasteiger partial charge on any atom is -0.323 e. The number of nitrogens with one attached hydrogen (secondary N) is 1. The molecule has 1 aromatic carbocycles. The van der Waals surface area contributed by atoms with Crippen molar-refractivity contribution in [3.63, 3.8) is 0 Å². The number of amides is 1. The highest BCUT2D eigenvalue weighted by Crippen LogP contribution is 2.23. The van der Waals surface area contributed by atoms with Gasteiger partial charge in [0, 0.05) is 16.7 Å². The van der Waals surface area contributed by atoms with E-state index in [9.17, 15) is 19.6 Å². The number of carbonyl (C=O) groups is 1. The zero-order valence-corrected chi connectivity index (χ0v) is 15.1. The Kier molecular flexibility index (Phi) is 4.59. The first kappa shape index (κ1) is 17.2. The summed E-state index contributed by atoms with van der Waals surface area (Å²) in [4.78, 5) is 37.2. The number of nitrogens with zero attached hydrogens (tertiary/aromatic N) is 3. The molecular weight excluding hydrogens is 388 g/mol. The molecule has 2 aromatic rings. The quantitative estimate of drug-likeness (QED) is 0.841. The summed E-state index contributed by atoms with van der Waals surface area (Å²) in [6, 6.07) is 7.29. The van der Waals surface area contributed by atoms with E-state index in [1.54, 1.807) is 6.07 Å². The molecule has 1 N–H and O–H groups in total. The lowest BCUT2D eigenvalue weighted by Crippen LogP contribution is -2.44. The highest BCUT2D eigenvalue weighted by Gasteiger charge is 2.23. The van der Waals surface area contributed by atoms with E-state index in [-0.39, 0.29) is 5.56 Å². The molecule has 0 saturated heterocycles. The summed E-state index contributed by atoms with van der Waals surface area (Å²) in [5, 5.41) is 11.9. The highest BCUT2D eigenvalue weighted by atomic mass is 79.9. The molecule has 2 heterocycles. The molecule has 0 saturated carbocycles. The van der Waals surface area contributed by atoms with E-state index in [1.165, 1.54) is 4.57 Å². The normalized spacial score (nSPS) is 12.5.